The Kier molecular flexibility index (Phi) is 27.4. The van der Waals surface area contributed by atoms with Gasteiger partial charge in [0.05, 0.1) is 67.3 Å². The quantitative estimate of drug-likeness (QED) is 0.0202. The van der Waals surface area contributed by atoms with Crippen molar-refractivity contribution in [2.75, 3.05) is 61.4 Å². The number of rotatable bonds is 25. The minimum atomic E-state index is -4.81. The number of hydroxylamine groups is 1. The van der Waals surface area contributed by atoms with Crippen molar-refractivity contribution in [1.29, 1.82) is 0 Å². The summed E-state index contributed by atoms with van der Waals surface area (Å²) in [6.45, 7) is 5.15. The highest BCUT2D eigenvalue weighted by Gasteiger charge is 2.32. The average Bonchev–Trinajstić information content (AvgIpc) is 1.70. The van der Waals surface area contributed by atoms with Gasteiger partial charge in [0.2, 0.25) is 29.3 Å². The molecule has 9 rings (SSSR count). The highest BCUT2D eigenvalue weighted by molar-refractivity contribution is 7.90. The van der Waals surface area contributed by atoms with E-state index in [2.05, 4.69) is 46.6 Å². The first kappa shape index (κ1) is 75.8. The van der Waals surface area contributed by atoms with Crippen molar-refractivity contribution in [2.24, 2.45) is 0 Å². The number of alkyl halides is 6. The van der Waals surface area contributed by atoms with Crippen molar-refractivity contribution in [3.63, 3.8) is 0 Å². The number of fused-ring (bicyclic) bond motifs is 3. The second-order valence-electron chi connectivity index (χ2n) is 19.9. The standard InChI is InChI=1S/C20H18ClF3N4O4S.C20H18ClF3N4O3S.C20H21ClN4O5S2/c1-12(29)28(25-11-13-4-2-3-5-15(13)21)8-9-31-19(30)27-18-26-16-7-6-14(10-17(16)33-18)32-20(22,23)24;1-12(29)28(25-11-13-4-2-3-5-15(13)21)8-9-31-19(30)27-18-26-16-7-6-14(20(22,23)24)10-17(16)32-18;1-14(27)24(22-12-15-5-3-4-6-17(15)21)9-10-30-25(13-26)20-23-18-8-7-16(32(2,28)29)11-19(18)31-20/h2-7,10,25H,8-9,11H2,1H3,(H,26,27,30);2-7,10,25H,8-9,11H2,1H3,(H,26,27,30);3-8,11,13,22H,9-10,12H2,1-2H3. The van der Waals surface area contributed by atoms with Gasteiger partial charge in [0.15, 0.2) is 20.1 Å². The zero-order valence-electron chi connectivity index (χ0n) is 51.1. The monoisotopic (exact) mass is 1480 g/mol. The Morgan fingerprint density at radius 3 is 1.38 bits per heavy atom. The number of nitrogens with one attached hydrogen (secondary N) is 5. The van der Waals surface area contributed by atoms with Gasteiger partial charge in [-0.2, -0.15) is 18.2 Å². The van der Waals surface area contributed by atoms with Crippen LogP contribution >= 0.6 is 68.8 Å². The van der Waals surface area contributed by atoms with Crippen LogP contribution in [0.2, 0.25) is 15.1 Å². The molecule has 0 atom stereocenters. The van der Waals surface area contributed by atoms with Crippen LogP contribution in [0.15, 0.2) is 132 Å². The van der Waals surface area contributed by atoms with Crippen LogP contribution in [0.25, 0.3) is 30.6 Å². The molecule has 0 saturated heterocycles. The van der Waals surface area contributed by atoms with E-state index in [9.17, 15) is 63.5 Å². The van der Waals surface area contributed by atoms with Gasteiger partial charge in [-0.1, -0.05) is 123 Å². The first-order chi connectivity index (χ1) is 45.9. The van der Waals surface area contributed by atoms with Crippen LogP contribution in [0.1, 0.15) is 43.0 Å². The number of benzene rings is 6. The van der Waals surface area contributed by atoms with Gasteiger partial charge >= 0.3 is 24.7 Å². The van der Waals surface area contributed by atoms with Gasteiger partial charge < -0.3 is 14.2 Å². The molecule has 97 heavy (non-hydrogen) atoms. The van der Waals surface area contributed by atoms with Crippen molar-refractivity contribution in [1.82, 2.24) is 46.3 Å². The number of aromatic nitrogens is 3. The maximum atomic E-state index is 12.8. The summed E-state index contributed by atoms with van der Waals surface area (Å²) in [6.07, 6.45) is -9.35. The number of anilines is 3. The lowest BCUT2D eigenvalue weighted by Crippen LogP contribution is -2.44. The molecule has 0 fully saturated rings. The fraction of sp³-hybridized carbons (Fsp3) is 0.250. The molecule has 37 heteroatoms. The van der Waals surface area contributed by atoms with Gasteiger partial charge in [0, 0.05) is 67.8 Å². The fourth-order valence-electron chi connectivity index (χ4n) is 8.11. The van der Waals surface area contributed by atoms with Gasteiger partial charge in [-0.15, -0.1) is 13.2 Å². The zero-order chi connectivity index (χ0) is 70.6. The Balaban J connectivity index is 0.000000205. The summed E-state index contributed by atoms with van der Waals surface area (Å²) in [7, 11) is -3.36. The van der Waals surface area contributed by atoms with Crippen LogP contribution in [-0.2, 0) is 69.1 Å². The summed E-state index contributed by atoms with van der Waals surface area (Å²) in [5, 5.41) is 11.9. The van der Waals surface area contributed by atoms with Gasteiger partial charge in [0.1, 0.15) is 19.0 Å². The van der Waals surface area contributed by atoms with Gasteiger partial charge in [0.25, 0.3) is 0 Å². The van der Waals surface area contributed by atoms with Crippen molar-refractivity contribution in [3.8, 4) is 5.75 Å². The molecule has 0 saturated carbocycles. The minimum Gasteiger partial charge on any atom is -0.447 e. The molecule has 0 radical (unpaired) electrons. The fourth-order valence-corrected chi connectivity index (χ4v) is 12.1. The SMILES string of the molecule is CC(=O)N(CCOC(=O)Nc1nc2ccc(C(F)(F)F)cc2s1)NCc1ccccc1Cl.CC(=O)N(CCOC(=O)Nc1nc2ccc(OC(F)(F)F)cc2s1)NCc1ccccc1Cl.CC(=O)N(CCON(C=O)c1nc2ccc(S(C)(=O)=O)cc2s1)NCc1ccccc1Cl. The van der Waals surface area contributed by atoms with Crippen molar-refractivity contribution >= 4 is 161 Å². The molecule has 0 bridgehead atoms. The molecule has 0 unspecified atom stereocenters. The Bertz CT molecular complexity index is 4360. The topological polar surface area (TPSA) is 285 Å². The highest BCUT2D eigenvalue weighted by Crippen LogP contribution is 2.36. The first-order valence-corrected chi connectivity index (χ1v) is 33.6. The van der Waals surface area contributed by atoms with E-state index < -0.39 is 40.1 Å². The summed E-state index contributed by atoms with van der Waals surface area (Å²) >= 11 is 21.3. The van der Waals surface area contributed by atoms with E-state index >= 15 is 0 Å². The molecule has 516 valence electrons. The lowest BCUT2D eigenvalue weighted by Gasteiger charge is -2.23. The summed E-state index contributed by atoms with van der Waals surface area (Å²) in [5.41, 5.74) is 11.7. The number of carbonyl (C=O) groups excluding carboxylic acids is 6. The molecule has 3 heterocycles. The van der Waals surface area contributed by atoms with Crippen LogP contribution in [0.3, 0.4) is 0 Å². The molecule has 24 nitrogen and oxygen atoms in total. The van der Waals surface area contributed by atoms with Crippen molar-refractivity contribution in [3.05, 3.63) is 165 Å². The molecule has 0 aliphatic rings. The zero-order valence-corrected chi connectivity index (χ0v) is 56.7. The first-order valence-electron chi connectivity index (χ1n) is 28.2. The number of halogens is 9. The lowest BCUT2D eigenvalue weighted by molar-refractivity contribution is -0.274. The highest BCUT2D eigenvalue weighted by atomic mass is 35.5. The lowest BCUT2D eigenvalue weighted by atomic mass is 10.2. The number of thiazole rings is 3. The molecular formula is C60H57Cl3F6N12O12S4. The Morgan fingerprint density at radius 1 is 0.546 bits per heavy atom. The molecule has 9 aromatic rings. The smallest absolute Gasteiger partial charge is 0.447 e. The number of sulfone groups is 1. The van der Waals surface area contributed by atoms with Crippen molar-refractivity contribution < 1.29 is 82.6 Å². The molecular weight excluding hydrogens is 1430 g/mol. The van der Waals surface area contributed by atoms with E-state index in [1.807, 2.05) is 42.5 Å². The summed E-state index contributed by atoms with van der Waals surface area (Å²) in [4.78, 5) is 89.3. The minimum absolute atomic E-state index is 0.0123. The normalized spacial score (nSPS) is 11.4. The maximum Gasteiger partial charge on any atom is 0.573 e. The van der Waals surface area contributed by atoms with E-state index in [-0.39, 0.29) is 87.9 Å². The van der Waals surface area contributed by atoms with E-state index in [4.69, 9.17) is 49.1 Å². The predicted molar refractivity (Wildman–Crippen MR) is 355 cm³/mol. The summed E-state index contributed by atoms with van der Waals surface area (Å²) in [6, 6.07) is 32.9. The number of hydrazine groups is 3. The van der Waals surface area contributed by atoms with Crippen LogP contribution in [-0.4, -0.2) is 127 Å². The van der Waals surface area contributed by atoms with Gasteiger partial charge in [-0.05, 0) is 83.4 Å². The van der Waals surface area contributed by atoms with Crippen LogP contribution in [0.4, 0.5) is 51.3 Å². The van der Waals surface area contributed by atoms with Crippen LogP contribution in [0, 0.1) is 0 Å². The van der Waals surface area contributed by atoms with Gasteiger partial charge in [-0.3, -0.25) is 49.7 Å². The largest absolute Gasteiger partial charge is 0.573 e. The molecule has 3 aromatic heterocycles. The van der Waals surface area contributed by atoms with E-state index in [0.29, 0.717) is 67.1 Å². The molecule has 0 spiro atoms. The number of nitrogens with zero attached hydrogens (tertiary/aromatic N) is 7. The van der Waals surface area contributed by atoms with E-state index in [1.165, 1.54) is 66.1 Å². The third kappa shape index (κ3) is 23.9. The van der Waals surface area contributed by atoms with Crippen molar-refractivity contribution in [2.45, 2.75) is 57.8 Å². The van der Waals surface area contributed by atoms with Crippen LogP contribution in [0.5, 0.6) is 5.75 Å². The molecule has 6 amide bonds. The van der Waals surface area contributed by atoms with E-state index in [1.54, 1.807) is 36.4 Å². The van der Waals surface area contributed by atoms with Crippen LogP contribution < -0.4 is 36.7 Å². The maximum absolute atomic E-state index is 12.8. The summed E-state index contributed by atoms with van der Waals surface area (Å²) < 4.78 is 114. The average molecular weight is 1490 g/mol. The number of ether oxygens (including phenoxy) is 3. The number of hydrogen-bond acceptors (Lipinski definition) is 21. The number of carbonyl (C=O) groups is 6. The summed E-state index contributed by atoms with van der Waals surface area (Å²) in [5.74, 6) is -1.19. The van der Waals surface area contributed by atoms with Gasteiger partial charge in [-0.25, -0.2) is 49.2 Å². The Morgan fingerprint density at radius 2 is 0.959 bits per heavy atom. The molecule has 0 aliphatic heterocycles. The Hall–Kier alpha value is -8.55. The Labute approximate surface area is 576 Å². The van der Waals surface area contributed by atoms with E-state index in [0.717, 1.165) is 80.2 Å². The molecule has 5 N–H and O–H groups in total. The number of amides is 6. The molecule has 6 aromatic carbocycles. The third-order valence-corrected chi connectivity index (χ3v) is 17.9. The second kappa shape index (κ2) is 35.1. The second-order valence-corrected chi connectivity index (χ2v) is 26.2. The molecule has 0 aliphatic carbocycles. The number of hydrogen-bond donors (Lipinski definition) is 5. The predicted octanol–water partition coefficient (Wildman–Crippen LogP) is 12.8. The third-order valence-electron chi connectivity index (χ3n) is 12.8.